The number of para-hydroxylation sites is 1. The van der Waals surface area contributed by atoms with Crippen LogP contribution >= 0.6 is 0 Å². The first-order valence-electron chi connectivity index (χ1n) is 6.14. The molecule has 2 rings (SSSR count). The van der Waals surface area contributed by atoms with Crippen LogP contribution in [0.4, 0.5) is 5.69 Å². The number of anilines is 1. The number of hydrogen-bond donors (Lipinski definition) is 1. The van der Waals surface area contributed by atoms with Gasteiger partial charge in [0.2, 0.25) is 0 Å². The van der Waals surface area contributed by atoms with E-state index in [1.165, 1.54) is 0 Å². The molecule has 0 aliphatic carbocycles. The van der Waals surface area contributed by atoms with Crippen molar-refractivity contribution < 1.29 is 9.53 Å². The molecule has 1 saturated heterocycles. The molecule has 0 radical (unpaired) electrons. The highest BCUT2D eigenvalue weighted by Crippen LogP contribution is 2.06. The lowest BCUT2D eigenvalue weighted by atomic mass is 10.2. The second-order valence-corrected chi connectivity index (χ2v) is 4.24. The van der Waals surface area contributed by atoms with Crippen LogP contribution < -0.4 is 5.32 Å². The van der Waals surface area contributed by atoms with E-state index < -0.39 is 0 Å². The van der Waals surface area contributed by atoms with E-state index in [1.807, 2.05) is 30.3 Å². The zero-order chi connectivity index (χ0) is 12.6. The Hall–Kier alpha value is -1.65. The maximum Gasteiger partial charge on any atom is 0.148 e. The Morgan fingerprint density at radius 3 is 2.67 bits per heavy atom. The lowest BCUT2D eigenvalue weighted by Gasteiger charge is -2.26. The number of morpholine rings is 1. The molecule has 1 heterocycles. The molecule has 0 spiro atoms. The minimum Gasteiger partial charge on any atom is -0.379 e. The molecule has 1 aliphatic rings. The average Bonchev–Trinajstić information content (AvgIpc) is 2.45. The molecule has 4 nitrogen and oxygen atoms in total. The van der Waals surface area contributed by atoms with Crippen LogP contribution in [0.2, 0.25) is 0 Å². The fourth-order valence-electron chi connectivity index (χ4n) is 1.84. The van der Waals surface area contributed by atoms with Crippen LogP contribution in [0, 0.1) is 0 Å². The predicted octanol–water partition coefficient (Wildman–Crippen LogP) is 1.51. The van der Waals surface area contributed by atoms with Crippen molar-refractivity contribution in [3.63, 3.8) is 0 Å². The molecule has 18 heavy (non-hydrogen) atoms. The summed E-state index contributed by atoms with van der Waals surface area (Å²) in [4.78, 5) is 13.3. The van der Waals surface area contributed by atoms with Crippen LogP contribution in [0.25, 0.3) is 0 Å². The minimum atomic E-state index is 0.673. The van der Waals surface area contributed by atoms with Crippen LogP contribution in [-0.4, -0.2) is 44.0 Å². The number of carbonyl (C=O) groups is 1. The van der Waals surface area contributed by atoms with Gasteiger partial charge in [-0.1, -0.05) is 18.2 Å². The van der Waals surface area contributed by atoms with Crippen molar-refractivity contribution in [1.29, 1.82) is 0 Å². The van der Waals surface area contributed by atoms with Gasteiger partial charge in [0.15, 0.2) is 0 Å². The Labute approximate surface area is 107 Å². The summed E-state index contributed by atoms with van der Waals surface area (Å²) in [5.74, 6) is 0. The van der Waals surface area contributed by atoms with Gasteiger partial charge in [0.1, 0.15) is 6.29 Å². The lowest BCUT2D eigenvalue weighted by molar-refractivity contribution is -0.105. The fraction of sp³-hybridized carbons (Fsp3) is 0.357. The third-order valence-corrected chi connectivity index (χ3v) is 2.86. The second-order valence-electron chi connectivity index (χ2n) is 4.24. The van der Waals surface area contributed by atoms with E-state index in [2.05, 4.69) is 10.2 Å². The average molecular weight is 246 g/mol. The number of benzene rings is 1. The highest BCUT2D eigenvalue weighted by Gasteiger charge is 2.11. The van der Waals surface area contributed by atoms with Gasteiger partial charge in [0.25, 0.3) is 0 Å². The first-order valence-corrected chi connectivity index (χ1v) is 6.14. The molecule has 1 N–H and O–H groups in total. The Kier molecular flexibility index (Phi) is 4.93. The van der Waals surface area contributed by atoms with Gasteiger partial charge in [0.05, 0.1) is 13.2 Å². The van der Waals surface area contributed by atoms with E-state index >= 15 is 0 Å². The van der Waals surface area contributed by atoms with Gasteiger partial charge in [-0.15, -0.1) is 0 Å². The Balaban J connectivity index is 1.89. The standard InChI is InChI=1S/C14H18N2O2/c17-12-13(11-16-6-8-18-9-7-16)10-15-14-4-2-1-3-5-14/h1-5,10,12,15H,6-9,11H2/b13-10-. The maximum atomic E-state index is 11.0. The summed E-state index contributed by atoms with van der Waals surface area (Å²) < 4.78 is 5.28. The van der Waals surface area contributed by atoms with Gasteiger partial charge in [-0.3, -0.25) is 9.69 Å². The van der Waals surface area contributed by atoms with Crippen molar-refractivity contribution >= 4 is 12.0 Å². The van der Waals surface area contributed by atoms with Crippen LogP contribution in [0.5, 0.6) is 0 Å². The molecule has 0 bridgehead atoms. The van der Waals surface area contributed by atoms with Crippen molar-refractivity contribution in [2.24, 2.45) is 0 Å². The summed E-state index contributed by atoms with van der Waals surface area (Å²) in [6, 6.07) is 9.81. The monoisotopic (exact) mass is 246 g/mol. The summed E-state index contributed by atoms with van der Waals surface area (Å²) in [5, 5.41) is 3.13. The van der Waals surface area contributed by atoms with E-state index in [9.17, 15) is 4.79 Å². The summed E-state index contributed by atoms with van der Waals surface area (Å²) in [7, 11) is 0. The first kappa shape index (κ1) is 12.8. The van der Waals surface area contributed by atoms with Crippen molar-refractivity contribution in [2.75, 3.05) is 38.2 Å². The smallest absolute Gasteiger partial charge is 0.148 e. The number of rotatable bonds is 5. The Morgan fingerprint density at radius 2 is 2.00 bits per heavy atom. The highest BCUT2D eigenvalue weighted by molar-refractivity contribution is 5.74. The van der Waals surface area contributed by atoms with E-state index in [0.29, 0.717) is 6.54 Å². The van der Waals surface area contributed by atoms with Crippen LogP contribution in [0.1, 0.15) is 0 Å². The van der Waals surface area contributed by atoms with Gasteiger partial charge in [0, 0.05) is 37.1 Å². The molecule has 0 amide bonds. The predicted molar refractivity (Wildman–Crippen MR) is 71.5 cm³/mol. The molecule has 1 aromatic rings. The molecular weight excluding hydrogens is 228 g/mol. The number of aldehydes is 1. The first-order chi connectivity index (χ1) is 8.88. The highest BCUT2D eigenvalue weighted by atomic mass is 16.5. The Bertz CT molecular complexity index is 398. The van der Waals surface area contributed by atoms with Gasteiger partial charge < -0.3 is 10.1 Å². The lowest BCUT2D eigenvalue weighted by Crippen LogP contribution is -2.37. The van der Waals surface area contributed by atoms with Gasteiger partial charge in [-0.05, 0) is 12.1 Å². The molecule has 1 aromatic carbocycles. The van der Waals surface area contributed by atoms with E-state index in [4.69, 9.17) is 4.74 Å². The molecule has 1 aliphatic heterocycles. The largest absolute Gasteiger partial charge is 0.379 e. The Morgan fingerprint density at radius 1 is 1.28 bits per heavy atom. The van der Waals surface area contributed by atoms with Crippen LogP contribution in [-0.2, 0) is 9.53 Å². The van der Waals surface area contributed by atoms with Crippen LogP contribution in [0.15, 0.2) is 42.1 Å². The van der Waals surface area contributed by atoms with E-state index in [0.717, 1.165) is 43.8 Å². The normalized spacial score (nSPS) is 17.4. The quantitative estimate of drug-likeness (QED) is 0.631. The molecule has 96 valence electrons. The number of carbonyl (C=O) groups excluding carboxylic acids is 1. The summed E-state index contributed by atoms with van der Waals surface area (Å²) >= 11 is 0. The third-order valence-electron chi connectivity index (χ3n) is 2.86. The van der Waals surface area contributed by atoms with Gasteiger partial charge >= 0.3 is 0 Å². The minimum absolute atomic E-state index is 0.673. The van der Waals surface area contributed by atoms with Crippen molar-refractivity contribution in [3.05, 3.63) is 42.1 Å². The molecule has 0 unspecified atom stereocenters. The van der Waals surface area contributed by atoms with Crippen molar-refractivity contribution in [1.82, 2.24) is 4.90 Å². The zero-order valence-electron chi connectivity index (χ0n) is 10.3. The number of ether oxygens (including phenoxy) is 1. The second kappa shape index (κ2) is 6.93. The SMILES string of the molecule is O=C/C(=C\Nc1ccccc1)CN1CCOCC1. The van der Waals surface area contributed by atoms with Crippen LogP contribution in [0.3, 0.4) is 0 Å². The van der Waals surface area contributed by atoms with E-state index in [1.54, 1.807) is 6.20 Å². The maximum absolute atomic E-state index is 11.0. The number of nitrogens with one attached hydrogen (secondary N) is 1. The molecule has 1 fully saturated rings. The van der Waals surface area contributed by atoms with Crippen molar-refractivity contribution in [3.8, 4) is 0 Å². The third kappa shape index (κ3) is 3.98. The molecule has 0 aromatic heterocycles. The molecule has 0 saturated carbocycles. The van der Waals surface area contributed by atoms with Gasteiger partial charge in [-0.25, -0.2) is 0 Å². The summed E-state index contributed by atoms with van der Waals surface area (Å²) in [6.45, 7) is 3.94. The van der Waals surface area contributed by atoms with Gasteiger partial charge in [-0.2, -0.15) is 0 Å². The van der Waals surface area contributed by atoms with Crippen molar-refractivity contribution in [2.45, 2.75) is 0 Å². The molecule has 4 heteroatoms. The molecular formula is C14H18N2O2. The number of nitrogens with zero attached hydrogens (tertiary/aromatic N) is 1. The summed E-state index contributed by atoms with van der Waals surface area (Å²) in [5.41, 5.74) is 1.74. The molecule has 0 atom stereocenters. The van der Waals surface area contributed by atoms with E-state index in [-0.39, 0.29) is 0 Å². The zero-order valence-corrected chi connectivity index (χ0v) is 10.3. The fourth-order valence-corrected chi connectivity index (χ4v) is 1.84. The number of hydrogen-bond acceptors (Lipinski definition) is 4. The summed E-state index contributed by atoms with van der Waals surface area (Å²) in [6.07, 6.45) is 2.68. The topological polar surface area (TPSA) is 41.6 Å².